The number of rotatable bonds is 9. The van der Waals surface area contributed by atoms with Gasteiger partial charge < -0.3 is 24.3 Å². The van der Waals surface area contributed by atoms with Crippen LogP contribution in [0.4, 0.5) is 14.5 Å². The number of aromatic nitrogens is 1. The van der Waals surface area contributed by atoms with Crippen molar-refractivity contribution in [1.82, 2.24) is 4.57 Å². The van der Waals surface area contributed by atoms with Crippen molar-refractivity contribution in [2.75, 3.05) is 26.6 Å². The number of hydrogen-bond donors (Lipinski definition) is 1. The molecule has 0 fully saturated rings. The van der Waals surface area contributed by atoms with Crippen LogP contribution in [0.3, 0.4) is 0 Å². The quantitative estimate of drug-likeness (QED) is 0.301. The standard InChI is InChI=1S/C31H27F2N3O6S/c1-17-26(28(37)35-19-8-6-5-7-9-19)27(21-12-11-20(39-2)16-23(21)40-3)36-29(38)25(43-31(36)34-17)15-18-10-13-22(42-30(32)33)24(14-18)41-4/h5-16,27,30H,1-4H3,(H,35,37)/b25-15+/t27-/m1/s1. The average Bonchev–Trinajstić information content (AvgIpc) is 3.30. The number of fused-ring (bicyclic) bond motifs is 1. The van der Waals surface area contributed by atoms with Crippen molar-refractivity contribution >= 4 is 29.0 Å². The van der Waals surface area contributed by atoms with Gasteiger partial charge in [-0.1, -0.05) is 35.6 Å². The summed E-state index contributed by atoms with van der Waals surface area (Å²) in [6.45, 7) is -1.30. The predicted molar refractivity (Wildman–Crippen MR) is 158 cm³/mol. The zero-order valence-electron chi connectivity index (χ0n) is 23.6. The topological polar surface area (TPSA) is 100 Å². The van der Waals surface area contributed by atoms with E-state index in [0.29, 0.717) is 43.3 Å². The van der Waals surface area contributed by atoms with Crippen LogP contribution in [0.1, 0.15) is 24.1 Å². The molecule has 0 bridgehead atoms. The second kappa shape index (κ2) is 12.5. The fourth-order valence-electron chi connectivity index (χ4n) is 4.79. The monoisotopic (exact) mass is 607 g/mol. The van der Waals surface area contributed by atoms with Crippen LogP contribution in [0.5, 0.6) is 23.0 Å². The largest absolute Gasteiger partial charge is 0.497 e. The van der Waals surface area contributed by atoms with Crippen molar-refractivity contribution < 1.29 is 32.5 Å². The molecular weight excluding hydrogens is 580 g/mol. The lowest BCUT2D eigenvalue weighted by Gasteiger charge is -2.26. The van der Waals surface area contributed by atoms with E-state index in [4.69, 9.17) is 14.2 Å². The van der Waals surface area contributed by atoms with E-state index in [-0.39, 0.29) is 17.1 Å². The molecule has 0 radical (unpaired) electrons. The molecule has 9 nitrogen and oxygen atoms in total. The highest BCUT2D eigenvalue weighted by Gasteiger charge is 2.34. The van der Waals surface area contributed by atoms with Gasteiger partial charge in [0.15, 0.2) is 16.3 Å². The molecule has 43 heavy (non-hydrogen) atoms. The molecule has 0 aliphatic carbocycles. The Hall–Kier alpha value is -4.97. The second-order valence-electron chi connectivity index (χ2n) is 9.30. The number of carbonyl (C=O) groups excluding carboxylic acids is 1. The number of amides is 1. The van der Waals surface area contributed by atoms with E-state index in [1.165, 1.54) is 44.1 Å². The lowest BCUT2D eigenvalue weighted by Crippen LogP contribution is -2.40. The van der Waals surface area contributed by atoms with E-state index in [1.807, 2.05) is 6.07 Å². The number of nitrogens with zero attached hydrogens (tertiary/aromatic N) is 2. The minimum absolute atomic E-state index is 0.0818. The molecular formula is C31H27F2N3O6S. The molecule has 3 aromatic carbocycles. The molecule has 2 heterocycles. The number of carbonyl (C=O) groups is 1. The summed E-state index contributed by atoms with van der Waals surface area (Å²) in [4.78, 5) is 32.8. The first-order chi connectivity index (χ1) is 20.7. The van der Waals surface area contributed by atoms with E-state index in [9.17, 15) is 18.4 Å². The summed E-state index contributed by atoms with van der Waals surface area (Å²) in [5.74, 6) is 0.477. The highest BCUT2D eigenvalue weighted by atomic mass is 32.1. The summed E-state index contributed by atoms with van der Waals surface area (Å²) in [5, 5.41) is 2.91. The van der Waals surface area contributed by atoms with Gasteiger partial charge in [-0.2, -0.15) is 8.78 Å². The molecule has 1 N–H and O–H groups in total. The van der Waals surface area contributed by atoms with E-state index < -0.39 is 24.1 Å². The summed E-state index contributed by atoms with van der Waals surface area (Å²) in [7, 11) is 4.36. The Morgan fingerprint density at radius 2 is 1.72 bits per heavy atom. The first-order valence-electron chi connectivity index (χ1n) is 13.0. The third-order valence-electron chi connectivity index (χ3n) is 6.73. The predicted octanol–water partition coefficient (Wildman–Crippen LogP) is 4.50. The van der Waals surface area contributed by atoms with Crippen LogP contribution in [0, 0.1) is 0 Å². The van der Waals surface area contributed by atoms with Crippen LogP contribution in [-0.2, 0) is 4.79 Å². The number of allylic oxidation sites excluding steroid dienone is 1. The third kappa shape index (κ3) is 6.00. The molecule has 12 heteroatoms. The van der Waals surface area contributed by atoms with Gasteiger partial charge >= 0.3 is 6.61 Å². The van der Waals surface area contributed by atoms with Crippen LogP contribution >= 0.6 is 11.3 Å². The number of benzene rings is 3. The Labute approximate surface area is 248 Å². The normalized spacial score (nSPS) is 14.7. The summed E-state index contributed by atoms with van der Waals surface area (Å²) in [6.07, 6.45) is 1.60. The van der Waals surface area contributed by atoms with Crippen LogP contribution in [-0.4, -0.2) is 38.4 Å². The van der Waals surface area contributed by atoms with Gasteiger partial charge in [-0.3, -0.25) is 14.2 Å². The number of alkyl halides is 2. The molecule has 1 amide bonds. The second-order valence-corrected chi connectivity index (χ2v) is 10.3. The van der Waals surface area contributed by atoms with Crippen molar-refractivity contribution in [3.63, 3.8) is 0 Å². The van der Waals surface area contributed by atoms with Crippen molar-refractivity contribution in [2.24, 2.45) is 4.99 Å². The maximum Gasteiger partial charge on any atom is 0.387 e. The number of methoxy groups -OCH3 is 3. The third-order valence-corrected chi connectivity index (χ3v) is 7.72. The molecule has 1 aliphatic heterocycles. The fraction of sp³-hybridized carbons (Fsp3) is 0.194. The maximum absolute atomic E-state index is 14.0. The molecule has 4 aromatic rings. The minimum atomic E-state index is -3.02. The molecule has 0 saturated heterocycles. The number of anilines is 1. The van der Waals surface area contributed by atoms with Crippen LogP contribution < -0.4 is 39.2 Å². The Balaban J connectivity index is 1.68. The molecule has 222 valence electrons. The van der Waals surface area contributed by atoms with Gasteiger partial charge in [0, 0.05) is 17.3 Å². The summed E-state index contributed by atoms with van der Waals surface area (Å²) in [6, 6.07) is 17.6. The highest BCUT2D eigenvalue weighted by molar-refractivity contribution is 7.07. The first kappa shape index (κ1) is 29.5. The smallest absolute Gasteiger partial charge is 0.387 e. The Morgan fingerprint density at radius 3 is 2.40 bits per heavy atom. The number of thiazole rings is 1. The van der Waals surface area contributed by atoms with Gasteiger partial charge in [0.25, 0.3) is 11.5 Å². The van der Waals surface area contributed by atoms with Gasteiger partial charge in [-0.15, -0.1) is 0 Å². The van der Waals surface area contributed by atoms with Crippen LogP contribution in [0.2, 0.25) is 0 Å². The molecule has 5 rings (SSSR count). The minimum Gasteiger partial charge on any atom is -0.497 e. The number of hydrogen-bond acceptors (Lipinski definition) is 8. The zero-order chi connectivity index (χ0) is 30.7. The van der Waals surface area contributed by atoms with Crippen molar-refractivity contribution in [3.05, 3.63) is 109 Å². The van der Waals surface area contributed by atoms with Crippen LogP contribution in [0.25, 0.3) is 6.08 Å². The Morgan fingerprint density at radius 1 is 0.977 bits per heavy atom. The Kier molecular flexibility index (Phi) is 8.58. The molecule has 1 aromatic heterocycles. The van der Waals surface area contributed by atoms with Crippen LogP contribution in [0.15, 0.2) is 87.8 Å². The summed E-state index contributed by atoms with van der Waals surface area (Å²) >= 11 is 1.13. The lowest BCUT2D eigenvalue weighted by atomic mass is 9.94. The Bertz CT molecular complexity index is 1890. The summed E-state index contributed by atoms with van der Waals surface area (Å²) < 4.78 is 48.1. The number of ether oxygens (including phenoxy) is 4. The van der Waals surface area contributed by atoms with E-state index >= 15 is 0 Å². The highest BCUT2D eigenvalue weighted by Crippen LogP contribution is 2.37. The number of halogens is 2. The SMILES string of the molecule is COc1ccc([C@@H]2C(C(=O)Nc3ccccc3)=C(C)N=c3s/c(=C/c4ccc(OC(F)F)c(OC)c4)c(=O)n32)c(OC)c1. The van der Waals surface area contributed by atoms with Crippen molar-refractivity contribution in [1.29, 1.82) is 0 Å². The molecule has 1 aliphatic rings. The van der Waals surface area contributed by atoms with E-state index in [0.717, 1.165) is 11.3 Å². The van der Waals surface area contributed by atoms with E-state index in [1.54, 1.807) is 55.5 Å². The van der Waals surface area contributed by atoms with E-state index in [2.05, 4.69) is 15.0 Å². The maximum atomic E-state index is 14.0. The van der Waals surface area contributed by atoms with Gasteiger partial charge in [0.05, 0.1) is 37.1 Å². The average molecular weight is 608 g/mol. The van der Waals surface area contributed by atoms with Crippen molar-refractivity contribution in [2.45, 2.75) is 19.6 Å². The van der Waals surface area contributed by atoms with Gasteiger partial charge in [-0.05, 0) is 55.0 Å². The van der Waals surface area contributed by atoms with Gasteiger partial charge in [-0.25, -0.2) is 4.99 Å². The number of para-hydroxylation sites is 1. The van der Waals surface area contributed by atoms with Crippen molar-refractivity contribution in [3.8, 4) is 23.0 Å². The lowest BCUT2D eigenvalue weighted by molar-refractivity contribution is -0.113. The molecule has 1 atom stereocenters. The number of nitrogens with one attached hydrogen (secondary N) is 1. The fourth-order valence-corrected chi connectivity index (χ4v) is 5.84. The first-order valence-corrected chi connectivity index (χ1v) is 13.8. The van der Waals surface area contributed by atoms with Gasteiger partial charge in [0.1, 0.15) is 17.5 Å². The van der Waals surface area contributed by atoms with Gasteiger partial charge in [0.2, 0.25) is 0 Å². The zero-order valence-corrected chi connectivity index (χ0v) is 24.4. The molecule has 0 saturated carbocycles. The molecule has 0 spiro atoms. The summed E-state index contributed by atoms with van der Waals surface area (Å²) in [5.41, 5.74) is 1.94. The molecule has 0 unspecified atom stereocenters.